The Morgan fingerprint density at radius 1 is 1.00 bits per heavy atom. The molecular weight excluding hydrogens is 196 g/mol. The maximum absolute atomic E-state index is 4.24. The molecule has 0 saturated heterocycles. The Bertz CT molecular complexity index is 475. The van der Waals surface area contributed by atoms with Gasteiger partial charge in [-0.15, -0.1) is 0 Å². The molecule has 2 nitrogen and oxygen atoms in total. The van der Waals surface area contributed by atoms with E-state index in [1.54, 1.807) is 0 Å². The number of aromatic nitrogens is 2. The largest absolute Gasteiger partial charge is 0.155 e. The first-order chi connectivity index (χ1) is 7.68. The smallest absolute Gasteiger partial charge is 0.0932 e. The molecule has 0 aliphatic rings. The van der Waals surface area contributed by atoms with E-state index in [9.17, 15) is 0 Å². The first-order valence-corrected chi connectivity index (χ1v) is 5.58. The van der Waals surface area contributed by atoms with E-state index >= 15 is 0 Å². The van der Waals surface area contributed by atoms with Crippen molar-refractivity contribution in [3.8, 4) is 11.3 Å². The topological polar surface area (TPSA) is 25.8 Å². The zero-order valence-corrected chi connectivity index (χ0v) is 9.94. The van der Waals surface area contributed by atoms with E-state index in [2.05, 4.69) is 42.2 Å². The summed E-state index contributed by atoms with van der Waals surface area (Å²) in [5, 5.41) is 8.47. The van der Waals surface area contributed by atoms with E-state index in [0.29, 0.717) is 5.92 Å². The molecule has 0 N–H and O–H groups in total. The number of nitrogens with zero attached hydrogens (tertiary/aromatic N) is 2. The van der Waals surface area contributed by atoms with Crippen molar-refractivity contribution in [2.24, 2.45) is 0 Å². The molecule has 1 aromatic carbocycles. The Morgan fingerprint density at radius 2 is 1.69 bits per heavy atom. The lowest BCUT2D eigenvalue weighted by Crippen LogP contribution is -1.99. The van der Waals surface area contributed by atoms with Crippen molar-refractivity contribution >= 4 is 0 Å². The molecule has 0 aliphatic heterocycles. The predicted octanol–water partition coefficient (Wildman–Crippen LogP) is 3.58. The van der Waals surface area contributed by atoms with Crippen molar-refractivity contribution in [3.63, 3.8) is 0 Å². The summed E-state index contributed by atoms with van der Waals surface area (Å²) < 4.78 is 0. The Labute approximate surface area is 96.4 Å². The van der Waals surface area contributed by atoms with Gasteiger partial charge in [-0.05, 0) is 24.5 Å². The first-order valence-electron chi connectivity index (χ1n) is 5.58. The minimum atomic E-state index is 0.484. The van der Waals surface area contributed by atoms with Gasteiger partial charge in [-0.25, -0.2) is 0 Å². The first kappa shape index (κ1) is 10.8. The standard InChI is InChI=1S/C14H16N2/c1-10(2)13-9-14(16-15-11(13)3)12-7-5-4-6-8-12/h4-10H,1-3H3. The monoisotopic (exact) mass is 212 g/mol. The Hall–Kier alpha value is -1.70. The van der Waals surface area contributed by atoms with Gasteiger partial charge in [-0.1, -0.05) is 44.2 Å². The number of benzene rings is 1. The van der Waals surface area contributed by atoms with Crippen molar-refractivity contribution in [2.45, 2.75) is 26.7 Å². The third-order valence-corrected chi connectivity index (χ3v) is 2.71. The van der Waals surface area contributed by atoms with Crippen LogP contribution in [0.2, 0.25) is 0 Å². The van der Waals surface area contributed by atoms with Crippen LogP contribution in [0.5, 0.6) is 0 Å². The second-order valence-corrected chi connectivity index (χ2v) is 4.29. The average molecular weight is 212 g/mol. The second-order valence-electron chi connectivity index (χ2n) is 4.29. The molecule has 82 valence electrons. The summed E-state index contributed by atoms with van der Waals surface area (Å²) in [6, 6.07) is 12.3. The van der Waals surface area contributed by atoms with Gasteiger partial charge in [0.05, 0.1) is 11.4 Å². The Balaban J connectivity index is 2.48. The number of aryl methyl sites for hydroxylation is 1. The molecule has 1 aromatic heterocycles. The van der Waals surface area contributed by atoms with Crippen molar-refractivity contribution in [3.05, 3.63) is 47.7 Å². The molecule has 0 unspecified atom stereocenters. The fourth-order valence-corrected chi connectivity index (χ4v) is 1.80. The van der Waals surface area contributed by atoms with E-state index in [1.807, 2.05) is 25.1 Å². The van der Waals surface area contributed by atoms with Gasteiger partial charge in [-0.3, -0.25) is 0 Å². The molecule has 0 atom stereocenters. The van der Waals surface area contributed by atoms with Gasteiger partial charge in [0.15, 0.2) is 0 Å². The minimum absolute atomic E-state index is 0.484. The van der Waals surface area contributed by atoms with Crippen LogP contribution in [0.4, 0.5) is 0 Å². The molecule has 2 aromatic rings. The van der Waals surface area contributed by atoms with Gasteiger partial charge < -0.3 is 0 Å². The molecular formula is C14H16N2. The summed E-state index contributed by atoms with van der Waals surface area (Å²) in [5.74, 6) is 0.484. The van der Waals surface area contributed by atoms with Crippen LogP contribution in [0.3, 0.4) is 0 Å². The Morgan fingerprint density at radius 3 is 2.31 bits per heavy atom. The van der Waals surface area contributed by atoms with E-state index in [-0.39, 0.29) is 0 Å². The van der Waals surface area contributed by atoms with Crippen LogP contribution >= 0.6 is 0 Å². The highest BCUT2D eigenvalue weighted by atomic mass is 15.1. The lowest BCUT2D eigenvalue weighted by atomic mass is 10.0. The van der Waals surface area contributed by atoms with Crippen molar-refractivity contribution in [1.29, 1.82) is 0 Å². The fraction of sp³-hybridized carbons (Fsp3) is 0.286. The van der Waals surface area contributed by atoms with Crippen LogP contribution in [0, 0.1) is 6.92 Å². The molecule has 0 bridgehead atoms. The predicted molar refractivity (Wildman–Crippen MR) is 66.3 cm³/mol. The third-order valence-electron chi connectivity index (χ3n) is 2.71. The summed E-state index contributed by atoms with van der Waals surface area (Å²) in [6.45, 7) is 6.37. The normalized spacial score (nSPS) is 10.8. The molecule has 0 amide bonds. The maximum Gasteiger partial charge on any atom is 0.0932 e. The third kappa shape index (κ3) is 2.11. The van der Waals surface area contributed by atoms with Crippen LogP contribution in [0.25, 0.3) is 11.3 Å². The lowest BCUT2D eigenvalue weighted by Gasteiger charge is -2.09. The molecule has 0 saturated carbocycles. The summed E-state index contributed by atoms with van der Waals surface area (Å²) >= 11 is 0. The molecule has 1 heterocycles. The van der Waals surface area contributed by atoms with Crippen molar-refractivity contribution in [2.75, 3.05) is 0 Å². The summed E-state index contributed by atoms with van der Waals surface area (Å²) in [4.78, 5) is 0. The zero-order chi connectivity index (χ0) is 11.5. The molecule has 16 heavy (non-hydrogen) atoms. The van der Waals surface area contributed by atoms with E-state index in [0.717, 1.165) is 17.0 Å². The highest BCUT2D eigenvalue weighted by Crippen LogP contribution is 2.22. The molecule has 0 radical (unpaired) electrons. The number of hydrogen-bond acceptors (Lipinski definition) is 2. The van der Waals surface area contributed by atoms with Gasteiger partial charge >= 0.3 is 0 Å². The summed E-state index contributed by atoms with van der Waals surface area (Å²) in [7, 11) is 0. The number of rotatable bonds is 2. The van der Waals surface area contributed by atoms with E-state index < -0.39 is 0 Å². The van der Waals surface area contributed by atoms with E-state index in [4.69, 9.17) is 0 Å². The van der Waals surface area contributed by atoms with Crippen molar-refractivity contribution < 1.29 is 0 Å². The summed E-state index contributed by atoms with van der Waals surface area (Å²) in [6.07, 6.45) is 0. The maximum atomic E-state index is 4.24. The number of hydrogen-bond donors (Lipinski definition) is 0. The highest BCUT2D eigenvalue weighted by molar-refractivity contribution is 5.59. The molecule has 2 rings (SSSR count). The van der Waals surface area contributed by atoms with Crippen LogP contribution in [0.1, 0.15) is 31.0 Å². The minimum Gasteiger partial charge on any atom is -0.155 e. The highest BCUT2D eigenvalue weighted by Gasteiger charge is 2.08. The molecule has 0 aliphatic carbocycles. The van der Waals surface area contributed by atoms with Gasteiger partial charge in [-0.2, -0.15) is 10.2 Å². The summed E-state index contributed by atoms with van der Waals surface area (Å²) in [5.41, 5.74) is 4.37. The quantitative estimate of drug-likeness (QED) is 0.760. The molecule has 0 spiro atoms. The van der Waals surface area contributed by atoms with Gasteiger partial charge in [0.1, 0.15) is 0 Å². The molecule has 0 fully saturated rings. The Kier molecular flexibility index (Phi) is 3.00. The van der Waals surface area contributed by atoms with Crippen molar-refractivity contribution in [1.82, 2.24) is 10.2 Å². The van der Waals surface area contributed by atoms with Crippen LogP contribution in [0.15, 0.2) is 36.4 Å². The van der Waals surface area contributed by atoms with Gasteiger partial charge in [0.2, 0.25) is 0 Å². The van der Waals surface area contributed by atoms with Gasteiger partial charge in [0, 0.05) is 5.56 Å². The van der Waals surface area contributed by atoms with Crippen LogP contribution in [-0.4, -0.2) is 10.2 Å². The van der Waals surface area contributed by atoms with Crippen LogP contribution in [-0.2, 0) is 0 Å². The fourth-order valence-electron chi connectivity index (χ4n) is 1.80. The SMILES string of the molecule is Cc1nnc(-c2ccccc2)cc1C(C)C. The second kappa shape index (κ2) is 4.44. The van der Waals surface area contributed by atoms with Gasteiger partial charge in [0.25, 0.3) is 0 Å². The van der Waals surface area contributed by atoms with E-state index in [1.165, 1.54) is 5.56 Å². The van der Waals surface area contributed by atoms with Crippen LogP contribution < -0.4 is 0 Å². The molecule has 2 heteroatoms. The average Bonchev–Trinajstić information content (AvgIpc) is 2.30. The zero-order valence-electron chi connectivity index (χ0n) is 9.94. The lowest BCUT2D eigenvalue weighted by molar-refractivity contribution is 0.821.